The Morgan fingerprint density at radius 1 is 1.03 bits per heavy atom. The zero-order chi connectivity index (χ0) is 41.2. The van der Waals surface area contributed by atoms with Crippen LogP contribution in [-0.2, 0) is 29.1 Å². The van der Waals surface area contributed by atoms with Crippen LogP contribution in [0, 0.1) is 5.41 Å². The number of fused-ring (bicyclic) bond motifs is 2. The van der Waals surface area contributed by atoms with Crippen LogP contribution in [-0.4, -0.2) is 92.9 Å². The van der Waals surface area contributed by atoms with Gasteiger partial charge in [0, 0.05) is 53.5 Å². The lowest BCUT2D eigenvalue weighted by Crippen LogP contribution is -2.58. The third kappa shape index (κ3) is 8.58. The molecule has 5 heterocycles. The first-order chi connectivity index (χ1) is 27.7. The number of hydrogen-bond donors (Lipinski definition) is 2. The molecule has 0 bridgehead atoms. The van der Waals surface area contributed by atoms with Gasteiger partial charge in [0.25, 0.3) is 5.91 Å². The van der Waals surface area contributed by atoms with E-state index in [0.717, 1.165) is 47.2 Å². The van der Waals surface area contributed by atoms with Crippen molar-refractivity contribution < 1.29 is 46.7 Å². The van der Waals surface area contributed by atoms with Gasteiger partial charge in [0.2, 0.25) is 11.8 Å². The number of nitrogens with one attached hydrogen (secondary N) is 1. The first kappa shape index (κ1) is 41.9. The van der Waals surface area contributed by atoms with E-state index in [1.165, 1.54) is 36.4 Å². The highest BCUT2D eigenvalue weighted by Crippen LogP contribution is 2.66. The molecule has 3 saturated heterocycles. The van der Waals surface area contributed by atoms with Crippen molar-refractivity contribution in [2.75, 3.05) is 32.1 Å². The minimum Gasteiger partial charge on any atom is -0.420 e. The van der Waals surface area contributed by atoms with Crippen molar-refractivity contribution in [2.24, 2.45) is 5.41 Å². The van der Waals surface area contributed by atoms with Crippen molar-refractivity contribution in [2.45, 2.75) is 75.7 Å². The maximum absolute atomic E-state index is 16.4. The summed E-state index contributed by atoms with van der Waals surface area (Å²) in [6.45, 7) is 3.29. The Bertz CT molecular complexity index is 2210. The third-order valence-corrected chi connectivity index (χ3v) is 15.2. The number of carbonyl (C=O) groups is 4. The summed E-state index contributed by atoms with van der Waals surface area (Å²) in [5, 5.41) is 12.2. The number of nitrogens with zero attached hydrogens (tertiary/aromatic N) is 3. The van der Waals surface area contributed by atoms with Crippen LogP contribution in [0.3, 0.4) is 0 Å². The molecule has 3 fully saturated rings. The smallest absolute Gasteiger partial charge is 0.420 e. The third-order valence-electron chi connectivity index (χ3n) is 11.0. The number of aliphatic hydroxyl groups excluding tert-OH is 1. The molecule has 1 unspecified atom stereocenters. The van der Waals surface area contributed by atoms with E-state index < -0.39 is 55.4 Å². The fourth-order valence-electron chi connectivity index (χ4n) is 7.50. The predicted octanol–water partition coefficient (Wildman–Crippen LogP) is 7.18. The molecule has 17 heteroatoms. The average Bonchev–Trinajstić information content (AvgIpc) is 3.80. The zero-order valence-corrected chi connectivity index (χ0v) is 34.6. The van der Waals surface area contributed by atoms with Gasteiger partial charge >= 0.3 is 13.3 Å². The highest BCUT2D eigenvalue weighted by Gasteiger charge is 2.57. The number of likely N-dealkylation sites (tertiary alicyclic amines) is 1. The molecule has 3 aliphatic heterocycles. The lowest BCUT2D eigenvalue weighted by Gasteiger charge is -2.42. The van der Waals surface area contributed by atoms with Crippen molar-refractivity contribution in [3.8, 4) is 5.75 Å². The van der Waals surface area contributed by atoms with Gasteiger partial charge in [-0.3, -0.25) is 28.7 Å². The molecule has 3 amide bonds. The molecule has 3 aliphatic rings. The Morgan fingerprint density at radius 2 is 1.81 bits per heavy atom. The minimum absolute atomic E-state index is 0.0831. The number of alkyl halides is 2. The van der Waals surface area contributed by atoms with Gasteiger partial charge in [-0.1, -0.05) is 42.1 Å². The molecule has 0 radical (unpaired) electrons. The van der Waals surface area contributed by atoms with Gasteiger partial charge in [0.15, 0.2) is 5.12 Å². The summed E-state index contributed by atoms with van der Waals surface area (Å²) in [7, 11) is -5.30. The number of amides is 3. The van der Waals surface area contributed by atoms with Gasteiger partial charge in [-0.2, -0.15) is 8.78 Å². The van der Waals surface area contributed by atoms with Crippen LogP contribution in [0.4, 0.5) is 8.78 Å². The Kier molecular flexibility index (Phi) is 12.4. The number of thiophene rings is 1. The quantitative estimate of drug-likeness (QED) is 0.0985. The minimum atomic E-state index is -5.30. The molecule has 0 saturated carbocycles. The highest BCUT2D eigenvalue weighted by atomic mass is 32.2. The number of benzene rings is 2. The Labute approximate surface area is 343 Å². The van der Waals surface area contributed by atoms with Gasteiger partial charge in [0.1, 0.15) is 17.8 Å². The van der Waals surface area contributed by atoms with Crippen LogP contribution < -0.4 is 9.84 Å². The molecule has 58 heavy (non-hydrogen) atoms. The predicted molar refractivity (Wildman–Crippen MR) is 217 cm³/mol. The summed E-state index contributed by atoms with van der Waals surface area (Å²) >= 11 is 1.83. The molecule has 2 aromatic carbocycles. The number of para-hydroxylation sites is 1. The molecule has 12 nitrogen and oxygen atoms in total. The lowest BCUT2D eigenvalue weighted by atomic mass is 9.92. The van der Waals surface area contributed by atoms with E-state index in [9.17, 15) is 28.8 Å². The van der Waals surface area contributed by atoms with Gasteiger partial charge in [-0.25, -0.2) is 4.57 Å². The van der Waals surface area contributed by atoms with Crippen molar-refractivity contribution in [1.29, 1.82) is 0 Å². The topological polar surface area (TPSA) is 155 Å². The molecular weight excluding hydrogens is 810 g/mol. The van der Waals surface area contributed by atoms with Crippen molar-refractivity contribution in [1.82, 2.24) is 20.1 Å². The van der Waals surface area contributed by atoms with E-state index >= 15 is 8.78 Å². The fraction of sp³-hybridized carbons (Fsp3) is 0.439. The molecule has 7 rings (SSSR count). The summed E-state index contributed by atoms with van der Waals surface area (Å²) in [5.41, 5.74) is -4.82. The normalized spacial score (nSPS) is 21.2. The number of halogens is 2. The van der Waals surface area contributed by atoms with Gasteiger partial charge < -0.3 is 24.7 Å². The number of carbonyl (C=O) groups excluding carboxylic acids is 4. The maximum Gasteiger partial charge on any atom is 0.453 e. The first-order valence-corrected chi connectivity index (χ1v) is 22.6. The summed E-state index contributed by atoms with van der Waals surface area (Å²) < 4.78 is 58.1. The summed E-state index contributed by atoms with van der Waals surface area (Å²) in [6, 6.07) is 14.8. The van der Waals surface area contributed by atoms with Crippen molar-refractivity contribution in [3.63, 3.8) is 0 Å². The van der Waals surface area contributed by atoms with Crippen molar-refractivity contribution in [3.05, 3.63) is 95.1 Å². The van der Waals surface area contributed by atoms with Gasteiger partial charge in [-0.05, 0) is 93.3 Å². The molecular formula is C41H45F2N4O8PS2. The largest absolute Gasteiger partial charge is 0.453 e. The van der Waals surface area contributed by atoms with E-state index in [0.29, 0.717) is 43.5 Å². The molecule has 0 spiro atoms. The van der Waals surface area contributed by atoms with E-state index in [1.807, 2.05) is 18.3 Å². The second-order valence-corrected chi connectivity index (χ2v) is 19.6. The number of thioether (sulfide) groups is 1. The molecule has 308 valence electrons. The standard InChI is InChI=1S/C41H45F2N4O8PS2/c1-40(2,25-48)39(52)57-19-18-54-56(53,55-31-10-4-3-5-11-31)41(42,43)29-13-16-34-27(20-29)21-35(58-34)36(49)45-32-12-6-9-30-14-15-33(47(30)37(32)50)38(51)46-23-28(24-46)26-8-7-17-44-22-26/h3-5,7-8,10-11,13,16-17,20-22,28,30,32-33,48H,6,9,12,14-15,18-19,23-25H2,1-2H3,(H,45,49)/t30-,32-,33-,56?/m0/s1. The second-order valence-electron chi connectivity index (χ2n) is 15.5. The maximum atomic E-state index is 16.4. The number of aliphatic hydroxyl groups is 1. The molecule has 0 aliphatic carbocycles. The van der Waals surface area contributed by atoms with Crippen LogP contribution in [0.2, 0.25) is 0 Å². The van der Waals surface area contributed by atoms with Crippen LogP contribution in [0.5, 0.6) is 5.75 Å². The first-order valence-electron chi connectivity index (χ1n) is 19.2. The second kappa shape index (κ2) is 17.2. The van der Waals surface area contributed by atoms with Gasteiger partial charge in [0.05, 0.1) is 23.5 Å². The summed E-state index contributed by atoms with van der Waals surface area (Å²) in [4.78, 5) is 61.7. The van der Waals surface area contributed by atoms with Crippen LogP contribution in [0.25, 0.3) is 10.1 Å². The number of aromatic nitrogens is 1. The molecule has 4 atom stereocenters. The molecule has 2 N–H and O–H groups in total. The number of pyridine rings is 1. The van der Waals surface area contributed by atoms with E-state index in [1.54, 1.807) is 35.9 Å². The van der Waals surface area contributed by atoms with Crippen molar-refractivity contribution >= 4 is 63.6 Å². The summed E-state index contributed by atoms with van der Waals surface area (Å²) in [5.74, 6) is -0.955. The number of rotatable bonds is 14. The van der Waals surface area contributed by atoms with E-state index in [-0.39, 0.29) is 50.7 Å². The van der Waals surface area contributed by atoms with E-state index in [4.69, 9.17) is 9.05 Å². The number of hydrogen-bond acceptors (Lipinski definition) is 11. The SMILES string of the molecule is CC(C)(CO)C(=O)SCCOP(=O)(Oc1ccccc1)C(F)(F)c1ccc2sc(C(=O)N[C@H]3CCC[C@H]4CC[C@@H](C(=O)N5CC(c6cccnc6)C5)N4C3=O)cc2c1. The Hall–Kier alpha value is -4.21. The van der Waals surface area contributed by atoms with Crippen LogP contribution in [0.1, 0.15) is 72.7 Å². The Morgan fingerprint density at radius 3 is 2.53 bits per heavy atom. The van der Waals surface area contributed by atoms with Gasteiger partial charge in [-0.15, -0.1) is 11.3 Å². The zero-order valence-electron chi connectivity index (χ0n) is 32.1. The average molecular weight is 855 g/mol. The molecule has 2 aromatic heterocycles. The van der Waals surface area contributed by atoms with Crippen LogP contribution in [0.15, 0.2) is 79.1 Å². The lowest BCUT2D eigenvalue weighted by molar-refractivity contribution is -0.148. The molecule has 4 aromatic rings. The summed E-state index contributed by atoms with van der Waals surface area (Å²) in [6.07, 6.45) is 6.59. The fourth-order valence-corrected chi connectivity index (χ4v) is 10.9. The highest BCUT2D eigenvalue weighted by molar-refractivity contribution is 8.13. The van der Waals surface area contributed by atoms with E-state index in [2.05, 4.69) is 10.3 Å². The monoisotopic (exact) mass is 854 g/mol. The van der Waals surface area contributed by atoms with Crippen LogP contribution >= 0.6 is 30.7 Å². The Balaban J connectivity index is 1.04.